The van der Waals surface area contributed by atoms with Gasteiger partial charge in [-0.15, -0.1) is 0 Å². The Morgan fingerprint density at radius 3 is 2.64 bits per heavy atom. The van der Waals surface area contributed by atoms with Crippen LogP contribution in [0.5, 0.6) is 5.75 Å². The highest BCUT2D eigenvalue weighted by Crippen LogP contribution is 2.16. The molecule has 1 heterocycles. The van der Waals surface area contributed by atoms with E-state index in [-0.39, 0.29) is 0 Å². The number of hydrogen-bond acceptors (Lipinski definition) is 3. The first kappa shape index (κ1) is 19.7. The zero-order valence-corrected chi connectivity index (χ0v) is 17.1. The average Bonchev–Trinajstić information content (AvgIpc) is 3.03. The molecule has 0 saturated carbocycles. The molecule has 0 radical (unpaired) electrons. The van der Waals surface area contributed by atoms with E-state index in [1.54, 1.807) is 7.11 Å². The van der Waals surface area contributed by atoms with Crippen molar-refractivity contribution in [3.63, 3.8) is 0 Å². The fourth-order valence-electron chi connectivity index (χ4n) is 3.38. The minimum Gasteiger partial charge on any atom is -0.497 e. The van der Waals surface area contributed by atoms with Crippen LogP contribution in [0.1, 0.15) is 17.8 Å². The molecule has 0 spiro atoms. The maximum Gasteiger partial charge on any atom is 0.193 e. The van der Waals surface area contributed by atoms with Gasteiger partial charge in [-0.3, -0.25) is 4.99 Å². The molecule has 6 nitrogen and oxygen atoms in total. The summed E-state index contributed by atoms with van der Waals surface area (Å²) in [6.07, 6.45) is 0.997. The van der Waals surface area contributed by atoms with Crippen molar-refractivity contribution < 1.29 is 4.74 Å². The number of hydrogen-bond donors (Lipinski definition) is 1. The third-order valence-corrected chi connectivity index (χ3v) is 4.84. The molecule has 1 aromatic heterocycles. The Morgan fingerprint density at radius 2 is 1.93 bits per heavy atom. The van der Waals surface area contributed by atoms with Crippen molar-refractivity contribution in [2.45, 2.75) is 26.4 Å². The molecule has 28 heavy (non-hydrogen) atoms. The lowest BCUT2D eigenvalue weighted by Crippen LogP contribution is -2.39. The summed E-state index contributed by atoms with van der Waals surface area (Å²) in [5.41, 5.74) is 3.47. The summed E-state index contributed by atoms with van der Waals surface area (Å²) in [6.45, 7) is 4.63. The van der Waals surface area contributed by atoms with Crippen LogP contribution in [-0.4, -0.2) is 48.2 Å². The standard InChI is InChI=1S/C22H29N5O/c1-17-25-20-8-5-6-9-21(20)27(17)15-7-14-24-22(23-2)26(3)16-18-10-12-19(28-4)13-11-18/h5-6,8-13H,7,14-16H2,1-4H3,(H,23,24). The highest BCUT2D eigenvalue weighted by molar-refractivity contribution is 5.79. The molecule has 0 aliphatic heterocycles. The number of methoxy groups -OCH3 is 1. The van der Waals surface area contributed by atoms with E-state index >= 15 is 0 Å². The molecule has 0 amide bonds. The largest absolute Gasteiger partial charge is 0.497 e. The summed E-state index contributed by atoms with van der Waals surface area (Å²) in [6, 6.07) is 16.4. The number of aryl methyl sites for hydroxylation is 2. The Bertz CT molecular complexity index is 930. The fourth-order valence-corrected chi connectivity index (χ4v) is 3.38. The Hall–Kier alpha value is -3.02. The maximum absolute atomic E-state index is 5.22. The van der Waals surface area contributed by atoms with Crippen LogP contribution in [0.15, 0.2) is 53.5 Å². The lowest BCUT2D eigenvalue weighted by Gasteiger charge is -2.22. The van der Waals surface area contributed by atoms with Crippen LogP contribution in [0.3, 0.4) is 0 Å². The zero-order chi connectivity index (χ0) is 19.9. The monoisotopic (exact) mass is 379 g/mol. The number of guanidine groups is 1. The minimum absolute atomic E-state index is 0.787. The maximum atomic E-state index is 5.22. The summed E-state index contributed by atoms with van der Waals surface area (Å²) in [5, 5.41) is 3.46. The summed E-state index contributed by atoms with van der Waals surface area (Å²) in [5.74, 6) is 2.82. The van der Waals surface area contributed by atoms with Crippen LogP contribution < -0.4 is 10.1 Å². The number of rotatable bonds is 7. The number of ether oxygens (including phenoxy) is 1. The molecule has 0 unspecified atom stereocenters. The van der Waals surface area contributed by atoms with E-state index in [2.05, 4.69) is 62.0 Å². The molecule has 2 aromatic carbocycles. The predicted octanol–water partition coefficient (Wildman–Crippen LogP) is 3.45. The predicted molar refractivity (Wildman–Crippen MR) is 115 cm³/mol. The molecule has 3 aromatic rings. The van der Waals surface area contributed by atoms with Gasteiger partial charge in [-0.1, -0.05) is 24.3 Å². The fraction of sp³-hybridized carbons (Fsp3) is 0.364. The number of nitrogens with zero attached hydrogens (tertiary/aromatic N) is 4. The lowest BCUT2D eigenvalue weighted by atomic mass is 10.2. The molecule has 0 aliphatic rings. The van der Waals surface area contributed by atoms with E-state index in [1.807, 2.05) is 32.3 Å². The summed E-state index contributed by atoms with van der Waals surface area (Å²) < 4.78 is 7.50. The number of imidazole rings is 1. The Morgan fingerprint density at radius 1 is 1.18 bits per heavy atom. The van der Waals surface area contributed by atoms with Crippen molar-refractivity contribution in [2.75, 3.05) is 27.7 Å². The normalized spacial score (nSPS) is 11.6. The van der Waals surface area contributed by atoms with Crippen LogP contribution in [0.2, 0.25) is 0 Å². The van der Waals surface area contributed by atoms with Crippen molar-refractivity contribution in [2.24, 2.45) is 4.99 Å². The van der Waals surface area contributed by atoms with Gasteiger partial charge in [0.1, 0.15) is 11.6 Å². The van der Waals surface area contributed by atoms with Gasteiger partial charge in [0, 0.05) is 33.7 Å². The Kier molecular flexibility index (Phi) is 6.53. The molecule has 0 atom stereocenters. The van der Waals surface area contributed by atoms with Gasteiger partial charge in [0.15, 0.2) is 5.96 Å². The van der Waals surface area contributed by atoms with Gasteiger partial charge >= 0.3 is 0 Å². The van der Waals surface area contributed by atoms with Crippen LogP contribution in [-0.2, 0) is 13.1 Å². The van der Waals surface area contributed by atoms with Crippen molar-refractivity contribution >= 4 is 17.0 Å². The molecule has 0 saturated heterocycles. The molecular weight excluding hydrogens is 350 g/mol. The second-order valence-corrected chi connectivity index (χ2v) is 6.83. The first-order valence-corrected chi connectivity index (χ1v) is 9.59. The van der Waals surface area contributed by atoms with E-state index in [9.17, 15) is 0 Å². The zero-order valence-electron chi connectivity index (χ0n) is 17.1. The number of fused-ring (bicyclic) bond motifs is 1. The van der Waals surface area contributed by atoms with Gasteiger partial charge in [0.2, 0.25) is 0 Å². The van der Waals surface area contributed by atoms with Gasteiger partial charge in [-0.05, 0) is 43.2 Å². The number of aliphatic imine (C=N–C) groups is 1. The third-order valence-electron chi connectivity index (χ3n) is 4.84. The number of benzene rings is 2. The van der Waals surface area contributed by atoms with Gasteiger partial charge in [-0.25, -0.2) is 4.98 Å². The van der Waals surface area contributed by atoms with Crippen molar-refractivity contribution in [3.8, 4) is 5.75 Å². The van der Waals surface area contributed by atoms with E-state index in [4.69, 9.17) is 4.74 Å². The molecule has 0 fully saturated rings. The smallest absolute Gasteiger partial charge is 0.193 e. The van der Waals surface area contributed by atoms with Gasteiger partial charge in [0.05, 0.1) is 18.1 Å². The molecule has 6 heteroatoms. The van der Waals surface area contributed by atoms with Crippen molar-refractivity contribution in [1.29, 1.82) is 0 Å². The molecule has 148 valence electrons. The topological polar surface area (TPSA) is 54.7 Å². The minimum atomic E-state index is 0.787. The van der Waals surface area contributed by atoms with Gasteiger partial charge < -0.3 is 19.5 Å². The summed E-state index contributed by atoms with van der Waals surface area (Å²) in [7, 11) is 5.55. The molecule has 0 aliphatic carbocycles. The van der Waals surface area contributed by atoms with E-state index in [0.717, 1.165) is 49.1 Å². The second-order valence-electron chi connectivity index (χ2n) is 6.83. The number of para-hydroxylation sites is 2. The number of nitrogens with one attached hydrogen (secondary N) is 1. The third kappa shape index (κ3) is 4.63. The van der Waals surface area contributed by atoms with Crippen LogP contribution in [0, 0.1) is 6.92 Å². The van der Waals surface area contributed by atoms with E-state index < -0.39 is 0 Å². The highest BCUT2D eigenvalue weighted by atomic mass is 16.5. The summed E-state index contributed by atoms with van der Waals surface area (Å²) in [4.78, 5) is 11.2. The van der Waals surface area contributed by atoms with Gasteiger partial charge in [0.25, 0.3) is 0 Å². The molecular formula is C22H29N5O. The van der Waals surface area contributed by atoms with Crippen LogP contribution >= 0.6 is 0 Å². The Balaban J connectivity index is 1.51. The summed E-state index contributed by atoms with van der Waals surface area (Å²) >= 11 is 0. The second kappa shape index (κ2) is 9.26. The molecule has 3 rings (SSSR count). The van der Waals surface area contributed by atoms with Crippen LogP contribution in [0.4, 0.5) is 0 Å². The lowest BCUT2D eigenvalue weighted by molar-refractivity contribution is 0.414. The first-order chi connectivity index (χ1) is 13.6. The van der Waals surface area contributed by atoms with E-state index in [1.165, 1.54) is 11.1 Å². The van der Waals surface area contributed by atoms with Crippen LogP contribution in [0.25, 0.3) is 11.0 Å². The SMILES string of the molecule is CN=C(NCCCn1c(C)nc2ccccc21)N(C)Cc1ccc(OC)cc1. The van der Waals surface area contributed by atoms with Crippen molar-refractivity contribution in [1.82, 2.24) is 19.8 Å². The first-order valence-electron chi connectivity index (χ1n) is 9.59. The van der Waals surface area contributed by atoms with Crippen molar-refractivity contribution in [3.05, 3.63) is 59.9 Å². The Labute approximate surface area is 166 Å². The highest BCUT2D eigenvalue weighted by Gasteiger charge is 2.08. The number of aromatic nitrogens is 2. The quantitative estimate of drug-likeness (QED) is 0.388. The van der Waals surface area contributed by atoms with Gasteiger partial charge in [-0.2, -0.15) is 0 Å². The van der Waals surface area contributed by atoms with E-state index in [0.29, 0.717) is 0 Å². The average molecular weight is 380 g/mol. The molecule has 1 N–H and O–H groups in total. The molecule has 0 bridgehead atoms.